The van der Waals surface area contributed by atoms with Gasteiger partial charge in [-0.05, 0) is 61.0 Å². The molecule has 0 saturated carbocycles. The summed E-state index contributed by atoms with van der Waals surface area (Å²) in [5, 5.41) is 11.1. The molecule has 2 heterocycles. The van der Waals surface area contributed by atoms with Gasteiger partial charge in [0.05, 0.1) is 31.0 Å². The minimum absolute atomic E-state index is 0.0406. The van der Waals surface area contributed by atoms with E-state index in [9.17, 15) is 14.7 Å². The molecule has 1 saturated heterocycles. The molecule has 1 atom stereocenters. The average molecular weight is 482 g/mol. The van der Waals surface area contributed by atoms with Crippen LogP contribution in [0, 0.1) is 0 Å². The van der Waals surface area contributed by atoms with Crippen molar-refractivity contribution in [1.29, 1.82) is 0 Å². The average Bonchev–Trinajstić information content (AvgIpc) is 3.36. The van der Waals surface area contributed by atoms with E-state index in [1.54, 1.807) is 36.4 Å². The number of carbonyl (C=O) groups is 2. The molecule has 1 fully saturated rings. The maximum absolute atomic E-state index is 13.0. The van der Waals surface area contributed by atoms with E-state index >= 15 is 0 Å². The van der Waals surface area contributed by atoms with Crippen LogP contribution in [0.25, 0.3) is 5.76 Å². The quantitative estimate of drug-likeness (QED) is 0.302. The number of aliphatic hydroxyl groups excluding tert-OH is 1. The maximum atomic E-state index is 13.0. The zero-order chi connectivity index (χ0) is 22.0. The first-order valence-electron chi connectivity index (χ1n) is 9.79. The third-order valence-corrected chi connectivity index (χ3v) is 5.54. The van der Waals surface area contributed by atoms with E-state index in [-0.39, 0.29) is 17.9 Å². The normalized spacial score (nSPS) is 17.9. The number of aliphatic hydroxyl groups is 1. The third kappa shape index (κ3) is 4.14. The van der Waals surface area contributed by atoms with Crippen LogP contribution < -0.4 is 4.74 Å². The molecule has 1 unspecified atom stereocenters. The van der Waals surface area contributed by atoms with Crippen LogP contribution in [0.3, 0.4) is 0 Å². The number of furan rings is 1. The molecule has 0 radical (unpaired) electrons. The van der Waals surface area contributed by atoms with E-state index < -0.39 is 17.7 Å². The molecule has 6 nitrogen and oxygen atoms in total. The second-order valence-corrected chi connectivity index (χ2v) is 7.93. The molecule has 0 bridgehead atoms. The van der Waals surface area contributed by atoms with Crippen LogP contribution in [0.5, 0.6) is 5.75 Å². The minimum atomic E-state index is -0.755. The summed E-state index contributed by atoms with van der Waals surface area (Å²) in [5.41, 5.74) is 1.17. The first kappa shape index (κ1) is 20.9. The maximum Gasteiger partial charge on any atom is 0.296 e. The number of ketones is 1. The fraction of sp³-hybridized carbons (Fsp3) is 0.167. The highest BCUT2D eigenvalue weighted by atomic mass is 79.9. The Kier molecular flexibility index (Phi) is 5.95. The smallest absolute Gasteiger partial charge is 0.296 e. The van der Waals surface area contributed by atoms with Gasteiger partial charge < -0.3 is 19.2 Å². The van der Waals surface area contributed by atoms with Crippen molar-refractivity contribution in [3.8, 4) is 5.75 Å². The summed E-state index contributed by atoms with van der Waals surface area (Å²) >= 11 is 3.45. The monoisotopic (exact) mass is 481 g/mol. The highest BCUT2D eigenvalue weighted by Gasteiger charge is 2.46. The number of ether oxygens (including phenoxy) is 1. The van der Waals surface area contributed by atoms with Crippen molar-refractivity contribution in [2.75, 3.05) is 6.61 Å². The second kappa shape index (κ2) is 8.81. The Balaban J connectivity index is 1.82. The van der Waals surface area contributed by atoms with Crippen molar-refractivity contribution in [1.82, 2.24) is 4.90 Å². The molecule has 0 spiro atoms. The van der Waals surface area contributed by atoms with Gasteiger partial charge in [0.25, 0.3) is 11.7 Å². The van der Waals surface area contributed by atoms with Gasteiger partial charge in [0, 0.05) is 10.0 Å². The van der Waals surface area contributed by atoms with Gasteiger partial charge in [-0.3, -0.25) is 9.59 Å². The van der Waals surface area contributed by atoms with Gasteiger partial charge in [-0.25, -0.2) is 0 Å². The van der Waals surface area contributed by atoms with Crippen LogP contribution in [0.15, 0.2) is 81.4 Å². The highest BCUT2D eigenvalue weighted by molar-refractivity contribution is 9.10. The van der Waals surface area contributed by atoms with E-state index in [0.29, 0.717) is 29.2 Å². The first-order valence-corrected chi connectivity index (χ1v) is 10.6. The molecular weight excluding hydrogens is 462 g/mol. The topological polar surface area (TPSA) is 80.0 Å². The molecule has 31 heavy (non-hydrogen) atoms. The third-order valence-electron chi connectivity index (χ3n) is 5.05. The van der Waals surface area contributed by atoms with Crippen LogP contribution >= 0.6 is 15.9 Å². The van der Waals surface area contributed by atoms with Gasteiger partial charge in [0.1, 0.15) is 17.3 Å². The number of amides is 1. The lowest BCUT2D eigenvalue weighted by molar-refractivity contribution is -0.140. The van der Waals surface area contributed by atoms with Crippen molar-refractivity contribution in [2.45, 2.75) is 19.5 Å². The summed E-state index contributed by atoms with van der Waals surface area (Å²) in [6.07, 6.45) is 1.51. The van der Waals surface area contributed by atoms with E-state index in [1.807, 2.05) is 31.2 Å². The Hall–Kier alpha value is -3.32. The van der Waals surface area contributed by atoms with Crippen LogP contribution in [-0.4, -0.2) is 28.3 Å². The fourth-order valence-electron chi connectivity index (χ4n) is 3.67. The van der Waals surface area contributed by atoms with Gasteiger partial charge >= 0.3 is 0 Å². The lowest BCUT2D eigenvalue weighted by Gasteiger charge is -2.24. The van der Waals surface area contributed by atoms with Crippen LogP contribution in [0.4, 0.5) is 0 Å². The zero-order valence-electron chi connectivity index (χ0n) is 16.7. The molecule has 1 aliphatic heterocycles. The van der Waals surface area contributed by atoms with Crippen LogP contribution in [0.1, 0.15) is 29.9 Å². The number of hydrogen-bond donors (Lipinski definition) is 1. The lowest BCUT2D eigenvalue weighted by Crippen LogP contribution is -2.29. The van der Waals surface area contributed by atoms with Crippen molar-refractivity contribution in [2.24, 2.45) is 0 Å². The number of carbonyl (C=O) groups excluding carboxylic acids is 2. The Bertz CT molecular complexity index is 1140. The van der Waals surface area contributed by atoms with Gasteiger partial charge in [-0.1, -0.05) is 28.1 Å². The van der Waals surface area contributed by atoms with Crippen LogP contribution in [0.2, 0.25) is 0 Å². The molecule has 4 rings (SSSR count). The first-order chi connectivity index (χ1) is 15.0. The Morgan fingerprint density at radius 2 is 1.90 bits per heavy atom. The lowest BCUT2D eigenvalue weighted by atomic mass is 9.95. The number of Topliss-reactive ketones (excluding diaryl/α,β-unsaturated/α-hetero) is 1. The fourth-order valence-corrected chi connectivity index (χ4v) is 4.08. The Morgan fingerprint density at radius 3 is 2.55 bits per heavy atom. The van der Waals surface area contributed by atoms with E-state index in [0.717, 1.165) is 4.47 Å². The van der Waals surface area contributed by atoms with Crippen molar-refractivity contribution in [3.63, 3.8) is 0 Å². The summed E-state index contributed by atoms with van der Waals surface area (Å²) in [6.45, 7) is 2.51. The van der Waals surface area contributed by atoms with Gasteiger partial charge in [0.2, 0.25) is 0 Å². The summed E-state index contributed by atoms with van der Waals surface area (Å²) in [5.74, 6) is -0.450. The van der Waals surface area contributed by atoms with E-state index in [1.165, 1.54) is 11.2 Å². The molecular formula is C24H20BrNO5. The van der Waals surface area contributed by atoms with Crippen molar-refractivity contribution >= 4 is 33.4 Å². The molecule has 2 aromatic carbocycles. The molecule has 3 aromatic rings. The molecule has 158 valence electrons. The molecule has 1 aromatic heterocycles. The van der Waals surface area contributed by atoms with E-state index in [2.05, 4.69) is 15.9 Å². The Morgan fingerprint density at radius 1 is 1.13 bits per heavy atom. The molecule has 1 aliphatic rings. The summed E-state index contributed by atoms with van der Waals surface area (Å²) in [7, 11) is 0. The highest BCUT2D eigenvalue weighted by Crippen LogP contribution is 2.41. The number of nitrogens with zero attached hydrogens (tertiary/aromatic N) is 1. The number of hydrogen-bond acceptors (Lipinski definition) is 5. The molecule has 1 amide bonds. The minimum Gasteiger partial charge on any atom is -0.507 e. The van der Waals surface area contributed by atoms with Crippen molar-refractivity contribution < 1.29 is 23.8 Å². The number of rotatable bonds is 6. The van der Waals surface area contributed by atoms with E-state index in [4.69, 9.17) is 9.15 Å². The SMILES string of the molecule is CCOc1ccc(/C(O)=C2/C(=O)C(=O)N(Cc3ccco3)C2c2cccc(Br)c2)cc1. The summed E-state index contributed by atoms with van der Waals surface area (Å²) < 4.78 is 11.6. The number of benzene rings is 2. The largest absolute Gasteiger partial charge is 0.507 e. The standard InChI is InChI=1S/C24H20BrNO5/c1-2-30-18-10-8-15(9-11-18)22(27)20-21(16-5-3-6-17(25)13-16)26(24(29)23(20)28)14-19-7-4-12-31-19/h3-13,21,27H,2,14H2,1H3/b22-20-. The summed E-state index contributed by atoms with van der Waals surface area (Å²) in [4.78, 5) is 27.4. The van der Waals surface area contributed by atoms with Gasteiger partial charge in [0.15, 0.2) is 0 Å². The number of likely N-dealkylation sites (tertiary alicyclic amines) is 1. The zero-order valence-corrected chi connectivity index (χ0v) is 18.3. The summed E-state index contributed by atoms with van der Waals surface area (Å²) in [6, 6.07) is 16.8. The van der Waals surface area contributed by atoms with Gasteiger partial charge in [-0.2, -0.15) is 0 Å². The second-order valence-electron chi connectivity index (χ2n) is 7.02. The van der Waals surface area contributed by atoms with Gasteiger partial charge in [-0.15, -0.1) is 0 Å². The predicted octanol–water partition coefficient (Wildman–Crippen LogP) is 5.06. The molecule has 7 heteroatoms. The van der Waals surface area contributed by atoms with Crippen molar-refractivity contribution in [3.05, 3.63) is 93.9 Å². The number of halogens is 1. The van der Waals surface area contributed by atoms with Crippen LogP contribution in [-0.2, 0) is 16.1 Å². The Labute approximate surface area is 187 Å². The molecule has 0 aliphatic carbocycles. The molecule has 1 N–H and O–H groups in total. The predicted molar refractivity (Wildman–Crippen MR) is 118 cm³/mol.